The zero-order valence-corrected chi connectivity index (χ0v) is 11.6. The van der Waals surface area contributed by atoms with Crippen LogP contribution in [0.4, 0.5) is 8.78 Å². The number of hydrogen-bond acceptors (Lipinski definition) is 4. The van der Waals surface area contributed by atoms with E-state index in [0.29, 0.717) is 0 Å². The summed E-state index contributed by atoms with van der Waals surface area (Å²) in [4.78, 5) is -0.230. The van der Waals surface area contributed by atoms with Crippen LogP contribution < -0.4 is 15.2 Å². The van der Waals surface area contributed by atoms with Crippen molar-refractivity contribution in [1.29, 1.82) is 0 Å². The topological polar surface area (TPSA) is 81.4 Å². The third kappa shape index (κ3) is 4.27. The fraction of sp³-hybridized carbons (Fsp3) is 0.400. The van der Waals surface area contributed by atoms with Crippen LogP contribution in [-0.4, -0.2) is 34.5 Å². The van der Waals surface area contributed by atoms with E-state index in [1.807, 2.05) is 0 Å². The molecule has 0 saturated heterocycles. The van der Waals surface area contributed by atoms with Gasteiger partial charge in [-0.3, -0.25) is 0 Å². The molecule has 0 aromatic heterocycles. The molecule has 0 aliphatic carbocycles. The van der Waals surface area contributed by atoms with E-state index in [2.05, 4.69) is 0 Å². The molecule has 1 aromatic rings. The van der Waals surface area contributed by atoms with Crippen LogP contribution in [0.2, 0.25) is 5.02 Å². The summed E-state index contributed by atoms with van der Waals surface area (Å²) in [5.74, 6) is -3.02. The first-order valence-electron chi connectivity index (χ1n) is 5.13. The first-order chi connectivity index (χ1) is 8.72. The molecule has 0 saturated carbocycles. The Balaban J connectivity index is 2.92. The highest BCUT2D eigenvalue weighted by molar-refractivity contribution is 7.89. The van der Waals surface area contributed by atoms with E-state index < -0.39 is 29.0 Å². The number of halogens is 3. The number of sulfonamides is 1. The Bertz CT molecular complexity index is 552. The molecule has 0 unspecified atom stereocenters. The Morgan fingerprint density at radius 2 is 2.11 bits per heavy atom. The predicted molar refractivity (Wildman–Crippen MR) is 67.2 cm³/mol. The summed E-state index contributed by atoms with van der Waals surface area (Å²) < 4.78 is 56.0. The highest BCUT2D eigenvalue weighted by atomic mass is 35.5. The molecule has 0 aliphatic rings. The van der Waals surface area contributed by atoms with E-state index in [1.54, 1.807) is 4.72 Å². The van der Waals surface area contributed by atoms with Gasteiger partial charge >= 0.3 is 0 Å². The van der Waals surface area contributed by atoms with Crippen molar-refractivity contribution in [2.45, 2.75) is 10.8 Å². The van der Waals surface area contributed by atoms with E-state index in [-0.39, 0.29) is 15.7 Å². The maximum Gasteiger partial charge on any atom is 0.273 e. The fourth-order valence-corrected chi connectivity index (χ4v) is 2.58. The van der Waals surface area contributed by atoms with Crippen LogP contribution in [-0.2, 0) is 10.0 Å². The standard InChI is InChI=1S/C10H13ClF2N2O3S/c1-18-9-3-2-7(4-8(9)11)19(16,17)15-6-10(12,13)5-14/h2-4,15H,5-6,14H2,1H3. The zero-order valence-electron chi connectivity index (χ0n) is 9.99. The van der Waals surface area contributed by atoms with Gasteiger partial charge in [-0.15, -0.1) is 0 Å². The van der Waals surface area contributed by atoms with Gasteiger partial charge in [0.25, 0.3) is 5.92 Å². The quantitative estimate of drug-likeness (QED) is 0.827. The molecule has 0 aliphatic heterocycles. The van der Waals surface area contributed by atoms with E-state index >= 15 is 0 Å². The van der Waals surface area contributed by atoms with Crippen molar-refractivity contribution in [3.8, 4) is 5.75 Å². The van der Waals surface area contributed by atoms with Crippen LogP contribution >= 0.6 is 11.6 Å². The monoisotopic (exact) mass is 314 g/mol. The van der Waals surface area contributed by atoms with Crippen LogP contribution in [0.15, 0.2) is 23.1 Å². The molecule has 0 spiro atoms. The zero-order chi connectivity index (χ0) is 14.7. The van der Waals surface area contributed by atoms with E-state index in [0.717, 1.165) is 6.07 Å². The van der Waals surface area contributed by atoms with Gasteiger partial charge in [-0.1, -0.05) is 11.6 Å². The van der Waals surface area contributed by atoms with Gasteiger partial charge in [0.05, 0.1) is 30.1 Å². The molecule has 3 N–H and O–H groups in total. The summed E-state index contributed by atoms with van der Waals surface area (Å²) in [6, 6.07) is 3.65. The lowest BCUT2D eigenvalue weighted by Gasteiger charge is -2.15. The van der Waals surface area contributed by atoms with Gasteiger partial charge in [0.1, 0.15) is 5.75 Å². The lowest BCUT2D eigenvalue weighted by atomic mass is 10.3. The van der Waals surface area contributed by atoms with Gasteiger partial charge in [-0.05, 0) is 18.2 Å². The number of rotatable bonds is 6. The second-order valence-corrected chi connectivity index (χ2v) is 5.86. The largest absolute Gasteiger partial charge is 0.495 e. The van der Waals surface area contributed by atoms with E-state index in [9.17, 15) is 17.2 Å². The van der Waals surface area contributed by atoms with Gasteiger partial charge in [-0.25, -0.2) is 21.9 Å². The summed E-state index contributed by atoms with van der Waals surface area (Å²) in [6.45, 7) is -2.02. The van der Waals surface area contributed by atoms with Crippen molar-refractivity contribution in [3.63, 3.8) is 0 Å². The number of hydrogen-bond donors (Lipinski definition) is 2. The number of alkyl halides is 2. The fourth-order valence-electron chi connectivity index (χ4n) is 1.17. The van der Waals surface area contributed by atoms with Crippen molar-refractivity contribution < 1.29 is 21.9 Å². The summed E-state index contributed by atoms with van der Waals surface area (Å²) in [5.41, 5.74) is 4.81. The Hall–Kier alpha value is -0.960. The number of methoxy groups -OCH3 is 1. The van der Waals surface area contributed by atoms with Crippen LogP contribution in [0.25, 0.3) is 0 Å². The SMILES string of the molecule is COc1ccc(S(=O)(=O)NCC(F)(F)CN)cc1Cl. The molecule has 19 heavy (non-hydrogen) atoms. The van der Waals surface area contributed by atoms with Crippen LogP contribution in [0.1, 0.15) is 0 Å². The first kappa shape index (κ1) is 16.1. The van der Waals surface area contributed by atoms with Crippen molar-refractivity contribution in [2.24, 2.45) is 5.73 Å². The Morgan fingerprint density at radius 3 is 2.58 bits per heavy atom. The average molecular weight is 315 g/mol. The van der Waals surface area contributed by atoms with Gasteiger partial charge < -0.3 is 10.5 Å². The smallest absolute Gasteiger partial charge is 0.273 e. The molecule has 0 fully saturated rings. The molecular weight excluding hydrogens is 302 g/mol. The van der Waals surface area contributed by atoms with Gasteiger partial charge in [0.2, 0.25) is 10.0 Å². The van der Waals surface area contributed by atoms with Crippen LogP contribution in [0, 0.1) is 0 Å². The molecule has 1 aromatic carbocycles. The highest BCUT2D eigenvalue weighted by Crippen LogP contribution is 2.26. The predicted octanol–water partition coefficient (Wildman–Crippen LogP) is 1.22. The minimum atomic E-state index is -4.08. The number of ether oxygens (including phenoxy) is 1. The normalized spacial score (nSPS) is 12.5. The second-order valence-electron chi connectivity index (χ2n) is 3.68. The Kier molecular flexibility index (Phi) is 5.08. The minimum Gasteiger partial charge on any atom is -0.495 e. The molecule has 0 radical (unpaired) electrons. The van der Waals surface area contributed by atoms with E-state index in [4.69, 9.17) is 22.1 Å². The Labute approximate surface area is 114 Å². The summed E-state index contributed by atoms with van der Waals surface area (Å²) >= 11 is 5.77. The highest BCUT2D eigenvalue weighted by Gasteiger charge is 2.29. The molecule has 1 rings (SSSR count). The maximum absolute atomic E-state index is 12.9. The van der Waals surface area contributed by atoms with Crippen molar-refractivity contribution >= 4 is 21.6 Å². The third-order valence-corrected chi connectivity index (χ3v) is 3.95. The third-order valence-electron chi connectivity index (χ3n) is 2.25. The summed E-state index contributed by atoms with van der Waals surface area (Å²) in [7, 11) is -2.71. The molecule has 0 heterocycles. The van der Waals surface area contributed by atoms with Crippen LogP contribution in [0.3, 0.4) is 0 Å². The molecule has 0 amide bonds. The van der Waals surface area contributed by atoms with Crippen molar-refractivity contribution in [1.82, 2.24) is 4.72 Å². The number of benzene rings is 1. The van der Waals surface area contributed by atoms with E-state index in [1.165, 1.54) is 19.2 Å². The molecule has 108 valence electrons. The van der Waals surface area contributed by atoms with Crippen molar-refractivity contribution in [3.05, 3.63) is 23.2 Å². The lowest BCUT2D eigenvalue weighted by molar-refractivity contribution is 0.0170. The van der Waals surface area contributed by atoms with Crippen LogP contribution in [0.5, 0.6) is 5.75 Å². The van der Waals surface area contributed by atoms with Gasteiger partial charge in [-0.2, -0.15) is 0 Å². The van der Waals surface area contributed by atoms with Gasteiger partial charge in [0, 0.05) is 0 Å². The lowest BCUT2D eigenvalue weighted by Crippen LogP contribution is -2.41. The summed E-state index contributed by atoms with van der Waals surface area (Å²) in [6.07, 6.45) is 0. The first-order valence-corrected chi connectivity index (χ1v) is 6.99. The summed E-state index contributed by atoms with van der Waals surface area (Å²) in [5, 5.41) is 0.0657. The molecule has 9 heteroatoms. The number of nitrogens with two attached hydrogens (primary N) is 1. The molecule has 0 atom stereocenters. The minimum absolute atomic E-state index is 0.0657. The molecular formula is C10H13ClF2N2O3S. The maximum atomic E-state index is 12.9. The second kappa shape index (κ2) is 6.00. The van der Waals surface area contributed by atoms with Gasteiger partial charge in [0.15, 0.2) is 0 Å². The molecule has 5 nitrogen and oxygen atoms in total. The average Bonchev–Trinajstić information content (AvgIpc) is 2.36. The molecule has 0 bridgehead atoms. The van der Waals surface area contributed by atoms with Crippen molar-refractivity contribution in [2.75, 3.05) is 20.2 Å². The number of nitrogens with one attached hydrogen (secondary N) is 1. The Morgan fingerprint density at radius 1 is 1.47 bits per heavy atom.